The van der Waals surface area contributed by atoms with Crippen LogP contribution in [-0.4, -0.2) is 4.57 Å². The lowest BCUT2D eigenvalue weighted by Crippen LogP contribution is -2.14. The van der Waals surface area contributed by atoms with Crippen LogP contribution in [-0.2, 0) is 0 Å². The highest BCUT2D eigenvalue weighted by atomic mass is 32.1. The van der Waals surface area contributed by atoms with Crippen molar-refractivity contribution in [1.82, 2.24) is 4.57 Å². The molecule has 1 heterocycles. The quantitative estimate of drug-likeness (QED) is 0.639. The number of rotatable bonds is 3. The fourth-order valence-corrected chi connectivity index (χ4v) is 3.53. The van der Waals surface area contributed by atoms with Gasteiger partial charge in [-0.25, -0.2) is 13.8 Å². The van der Waals surface area contributed by atoms with Gasteiger partial charge in [0.1, 0.15) is 11.6 Å². The molecule has 0 radical (unpaired) electrons. The third kappa shape index (κ3) is 2.97. The van der Waals surface area contributed by atoms with E-state index in [1.54, 1.807) is 35.6 Å². The van der Waals surface area contributed by atoms with Gasteiger partial charge in [-0.3, -0.25) is 0 Å². The minimum atomic E-state index is -0.266. The van der Waals surface area contributed by atoms with E-state index < -0.39 is 0 Å². The van der Waals surface area contributed by atoms with E-state index >= 15 is 0 Å². The molecule has 0 saturated heterocycles. The smallest absolute Gasteiger partial charge is 0.190 e. The molecule has 1 aliphatic rings. The van der Waals surface area contributed by atoms with Gasteiger partial charge >= 0.3 is 0 Å². The summed E-state index contributed by atoms with van der Waals surface area (Å²) < 4.78 is 28.4. The maximum Gasteiger partial charge on any atom is 0.190 e. The number of hydrogen-bond donors (Lipinski definition) is 0. The second-order valence-corrected chi connectivity index (χ2v) is 6.44. The zero-order chi connectivity index (χ0) is 15.8. The van der Waals surface area contributed by atoms with Crippen molar-refractivity contribution >= 4 is 17.0 Å². The lowest BCUT2D eigenvalue weighted by atomic mass is 10.1. The van der Waals surface area contributed by atoms with Gasteiger partial charge in [0.05, 0.1) is 11.4 Å². The molecular formula is C18H14F2N2S. The minimum Gasteiger partial charge on any atom is -0.313 e. The molecule has 1 fully saturated rings. The fraction of sp³-hybridized carbons (Fsp3) is 0.167. The molecule has 0 aliphatic heterocycles. The summed E-state index contributed by atoms with van der Waals surface area (Å²) in [5.41, 5.74) is 2.77. The van der Waals surface area contributed by atoms with Crippen LogP contribution in [0.15, 0.2) is 58.9 Å². The highest BCUT2D eigenvalue weighted by molar-refractivity contribution is 7.07. The summed E-state index contributed by atoms with van der Waals surface area (Å²) in [7, 11) is 0. The number of nitrogens with zero attached hydrogens (tertiary/aromatic N) is 2. The molecule has 23 heavy (non-hydrogen) atoms. The number of benzene rings is 2. The SMILES string of the molecule is Fc1ccc(N=c2scc(-c3ccc(F)cc3)n2C2CC2)cc1. The third-order valence-electron chi connectivity index (χ3n) is 3.84. The zero-order valence-corrected chi connectivity index (χ0v) is 13.1. The minimum absolute atomic E-state index is 0.238. The van der Waals surface area contributed by atoms with Crippen molar-refractivity contribution in [2.24, 2.45) is 4.99 Å². The van der Waals surface area contributed by atoms with Gasteiger partial charge < -0.3 is 4.57 Å². The summed E-state index contributed by atoms with van der Waals surface area (Å²) in [5, 5.41) is 2.05. The van der Waals surface area contributed by atoms with Gasteiger partial charge in [-0.2, -0.15) is 0 Å². The number of aromatic nitrogens is 1. The van der Waals surface area contributed by atoms with Crippen LogP contribution in [0, 0.1) is 11.6 Å². The van der Waals surface area contributed by atoms with E-state index in [-0.39, 0.29) is 11.6 Å². The number of halogens is 2. The Morgan fingerprint density at radius 3 is 2.13 bits per heavy atom. The molecule has 0 bridgehead atoms. The van der Waals surface area contributed by atoms with E-state index in [0.717, 1.165) is 34.6 Å². The molecule has 0 spiro atoms. The topological polar surface area (TPSA) is 17.3 Å². The van der Waals surface area contributed by atoms with Gasteiger partial charge in [-0.1, -0.05) is 0 Å². The molecular weight excluding hydrogens is 314 g/mol. The van der Waals surface area contributed by atoms with E-state index in [1.807, 2.05) is 5.38 Å². The Hall–Kier alpha value is -2.27. The van der Waals surface area contributed by atoms with Crippen LogP contribution in [0.1, 0.15) is 18.9 Å². The van der Waals surface area contributed by atoms with Crippen molar-refractivity contribution in [3.8, 4) is 11.3 Å². The maximum absolute atomic E-state index is 13.1. The molecule has 4 rings (SSSR count). The molecule has 2 nitrogen and oxygen atoms in total. The third-order valence-corrected chi connectivity index (χ3v) is 4.68. The molecule has 116 valence electrons. The molecule has 1 saturated carbocycles. The first-order chi connectivity index (χ1) is 11.2. The summed E-state index contributed by atoms with van der Waals surface area (Å²) in [4.78, 5) is 5.54. The first-order valence-corrected chi connectivity index (χ1v) is 8.35. The highest BCUT2D eigenvalue weighted by Crippen LogP contribution is 2.38. The Labute approximate surface area is 136 Å². The second-order valence-electron chi connectivity index (χ2n) is 5.60. The second kappa shape index (κ2) is 5.74. The molecule has 0 unspecified atom stereocenters. The van der Waals surface area contributed by atoms with Crippen molar-refractivity contribution in [2.45, 2.75) is 18.9 Å². The Morgan fingerprint density at radius 1 is 0.913 bits per heavy atom. The van der Waals surface area contributed by atoms with Gasteiger partial charge in [-0.15, -0.1) is 11.3 Å². The zero-order valence-electron chi connectivity index (χ0n) is 12.2. The largest absolute Gasteiger partial charge is 0.313 e. The maximum atomic E-state index is 13.1. The van der Waals surface area contributed by atoms with E-state index in [9.17, 15) is 8.78 Å². The van der Waals surface area contributed by atoms with Crippen LogP contribution in [0.5, 0.6) is 0 Å². The van der Waals surface area contributed by atoms with E-state index in [1.165, 1.54) is 24.3 Å². The Balaban J connectivity index is 1.82. The summed E-state index contributed by atoms with van der Waals surface area (Å²) in [6.07, 6.45) is 2.25. The average Bonchev–Trinajstić information content (AvgIpc) is 3.31. The molecule has 2 aromatic carbocycles. The monoisotopic (exact) mass is 328 g/mol. The van der Waals surface area contributed by atoms with Crippen molar-refractivity contribution in [3.05, 3.63) is 70.3 Å². The molecule has 3 aromatic rings. The Morgan fingerprint density at radius 2 is 1.52 bits per heavy atom. The van der Waals surface area contributed by atoms with E-state index in [0.29, 0.717) is 6.04 Å². The van der Waals surface area contributed by atoms with Gasteiger partial charge in [0, 0.05) is 11.4 Å². The van der Waals surface area contributed by atoms with Crippen molar-refractivity contribution in [1.29, 1.82) is 0 Å². The molecule has 5 heteroatoms. The van der Waals surface area contributed by atoms with Gasteiger partial charge in [0.15, 0.2) is 4.80 Å². The van der Waals surface area contributed by atoms with Crippen molar-refractivity contribution in [2.75, 3.05) is 0 Å². The molecule has 0 amide bonds. The van der Waals surface area contributed by atoms with Gasteiger partial charge in [0.25, 0.3) is 0 Å². The van der Waals surface area contributed by atoms with Crippen molar-refractivity contribution in [3.63, 3.8) is 0 Å². The van der Waals surface area contributed by atoms with Crippen LogP contribution in [0.3, 0.4) is 0 Å². The normalized spacial score (nSPS) is 15.1. The van der Waals surface area contributed by atoms with Crippen LogP contribution in [0.25, 0.3) is 11.3 Å². The van der Waals surface area contributed by atoms with Gasteiger partial charge in [-0.05, 0) is 66.9 Å². The Bertz CT molecular complexity index is 888. The predicted molar refractivity (Wildman–Crippen MR) is 87.6 cm³/mol. The molecule has 0 N–H and O–H groups in total. The Kier molecular flexibility index (Phi) is 3.58. The van der Waals surface area contributed by atoms with Crippen molar-refractivity contribution < 1.29 is 8.78 Å². The first kappa shape index (κ1) is 14.3. The number of thiazole rings is 1. The van der Waals surface area contributed by atoms with Crippen LogP contribution >= 0.6 is 11.3 Å². The first-order valence-electron chi connectivity index (χ1n) is 7.47. The van der Waals surface area contributed by atoms with Gasteiger partial charge in [0.2, 0.25) is 0 Å². The van der Waals surface area contributed by atoms with Crippen LogP contribution in [0.4, 0.5) is 14.5 Å². The number of hydrogen-bond acceptors (Lipinski definition) is 2. The lowest BCUT2D eigenvalue weighted by molar-refractivity contribution is 0.627. The average molecular weight is 328 g/mol. The predicted octanol–water partition coefficient (Wildman–Crippen LogP) is 5.06. The fourth-order valence-electron chi connectivity index (χ4n) is 2.54. The molecule has 0 atom stereocenters. The summed E-state index contributed by atoms with van der Waals surface area (Å²) in [5.74, 6) is -0.504. The summed E-state index contributed by atoms with van der Waals surface area (Å²) in [6, 6.07) is 13.1. The van der Waals surface area contributed by atoms with Crippen LogP contribution < -0.4 is 4.80 Å². The molecule has 1 aliphatic carbocycles. The standard InChI is InChI=1S/C18H14F2N2S/c19-13-3-1-12(2-4-13)17-11-23-18(22(17)16-9-10-16)21-15-7-5-14(20)6-8-15/h1-8,11,16H,9-10H2. The lowest BCUT2D eigenvalue weighted by Gasteiger charge is -2.07. The van der Waals surface area contributed by atoms with E-state index in [2.05, 4.69) is 9.56 Å². The van der Waals surface area contributed by atoms with Crippen LogP contribution in [0.2, 0.25) is 0 Å². The summed E-state index contributed by atoms with van der Waals surface area (Å²) >= 11 is 1.55. The summed E-state index contributed by atoms with van der Waals surface area (Å²) in [6.45, 7) is 0. The highest BCUT2D eigenvalue weighted by Gasteiger charge is 2.27. The van der Waals surface area contributed by atoms with E-state index in [4.69, 9.17) is 0 Å². The molecule has 1 aromatic heterocycles.